The monoisotopic (exact) mass is 708 g/mol. The Morgan fingerprint density at radius 2 is 1.60 bits per heavy atom. The molecule has 0 saturated carbocycles. The van der Waals surface area contributed by atoms with E-state index in [1.807, 2.05) is 24.8 Å². The van der Waals surface area contributed by atoms with Crippen molar-refractivity contribution in [1.82, 2.24) is 19.8 Å². The van der Waals surface area contributed by atoms with Crippen LogP contribution in [0.5, 0.6) is 11.5 Å². The van der Waals surface area contributed by atoms with E-state index in [-0.39, 0.29) is 43.7 Å². The van der Waals surface area contributed by atoms with Gasteiger partial charge < -0.3 is 25.2 Å². The fraction of sp³-hybridized carbons (Fsp3) is 0.576. The molecule has 2 aliphatic rings. The summed E-state index contributed by atoms with van der Waals surface area (Å²) in [6.07, 6.45) is 1.56. The lowest BCUT2D eigenvalue weighted by Gasteiger charge is -2.35. The number of ether oxygens (including phenoxy) is 2. The number of fused-ring (bicyclic) bond motifs is 1. The summed E-state index contributed by atoms with van der Waals surface area (Å²) in [5.41, 5.74) is 0.743. The van der Waals surface area contributed by atoms with Gasteiger partial charge in [-0.3, -0.25) is 14.5 Å². The number of nitrogens with one attached hydrogen (secondary N) is 2. The van der Waals surface area contributed by atoms with E-state index in [0.717, 1.165) is 37.8 Å². The maximum atomic E-state index is 14.0. The third-order valence-electron chi connectivity index (χ3n) is 8.82. The number of hydrogen-bond donors (Lipinski definition) is 3. The largest absolute Gasteiger partial charge is 0.454 e. The van der Waals surface area contributed by atoms with Crippen LogP contribution in [0.3, 0.4) is 0 Å². The smallest absolute Gasteiger partial charge is 0.244 e. The number of nitrogens with zero attached hydrogens (tertiary/aromatic N) is 2. The van der Waals surface area contributed by atoms with Gasteiger partial charge >= 0.3 is 0 Å². The summed E-state index contributed by atoms with van der Waals surface area (Å²) >= 11 is 0. The molecule has 0 bridgehead atoms. The second kappa shape index (κ2) is 15.5. The normalized spacial score (nSPS) is 17.3. The Morgan fingerprint density at radius 3 is 2.23 bits per heavy atom. The first kappa shape index (κ1) is 37.6. The van der Waals surface area contributed by atoms with Gasteiger partial charge in [-0.2, -0.15) is 4.31 Å². The van der Waals surface area contributed by atoms with E-state index in [1.165, 1.54) is 36.4 Å². The number of amides is 2. The standard InChI is InChI=1S/C33H48N4O9S2/c1-23(2)19-37(48(43,44)25-13-14-28-29(18-25)46-22-45-28)20-27(38)26(17-24-11-7-6-8-12-24)34-32(40)31(33(3,4)47(5,41)42)35-30(39)21-36-15-9-10-16-36/h6-8,11-14,18,23,26-27,31,38H,9-10,15-17,19-22H2,1-5H3,(H,34,40)(H,35,39)/t26-,27+,31+/m0/s1. The van der Waals surface area contributed by atoms with Gasteiger partial charge in [-0.15, -0.1) is 0 Å². The van der Waals surface area contributed by atoms with Crippen LogP contribution >= 0.6 is 0 Å². The van der Waals surface area contributed by atoms with Gasteiger partial charge in [-0.25, -0.2) is 16.8 Å². The summed E-state index contributed by atoms with van der Waals surface area (Å²) < 4.78 is 63.9. The van der Waals surface area contributed by atoms with Crippen LogP contribution < -0.4 is 20.1 Å². The van der Waals surface area contributed by atoms with Crippen molar-refractivity contribution in [3.8, 4) is 11.5 Å². The maximum absolute atomic E-state index is 14.0. The van der Waals surface area contributed by atoms with Crippen molar-refractivity contribution in [1.29, 1.82) is 0 Å². The molecule has 2 aromatic carbocycles. The highest BCUT2D eigenvalue weighted by molar-refractivity contribution is 7.92. The number of sulfonamides is 1. The van der Waals surface area contributed by atoms with E-state index in [0.29, 0.717) is 11.5 Å². The van der Waals surface area contributed by atoms with Crippen LogP contribution in [-0.4, -0.2) is 112 Å². The minimum absolute atomic E-state index is 0.0154. The summed E-state index contributed by atoms with van der Waals surface area (Å²) in [6.45, 7) is 7.57. The lowest BCUT2D eigenvalue weighted by Crippen LogP contribution is -2.64. The van der Waals surface area contributed by atoms with Gasteiger partial charge in [-0.1, -0.05) is 44.2 Å². The Balaban J connectivity index is 1.63. The molecule has 13 nitrogen and oxygen atoms in total. The average Bonchev–Trinajstić information content (AvgIpc) is 3.70. The SMILES string of the molecule is CC(C)CN(C[C@@H](O)[C@H](Cc1ccccc1)NC(=O)[C@@H](NC(=O)CN1CCCC1)C(C)(C)S(C)(=O)=O)S(=O)(=O)c1ccc2c(c1)OCO2. The first-order chi connectivity index (χ1) is 22.5. The van der Waals surface area contributed by atoms with E-state index in [2.05, 4.69) is 10.6 Å². The molecule has 2 amide bonds. The number of aliphatic hydroxyl groups is 1. The number of carbonyl (C=O) groups is 2. The molecule has 0 unspecified atom stereocenters. The molecule has 1 saturated heterocycles. The summed E-state index contributed by atoms with van der Waals surface area (Å²) in [4.78, 5) is 29.0. The van der Waals surface area contributed by atoms with Gasteiger partial charge in [-0.05, 0) is 69.8 Å². The van der Waals surface area contributed by atoms with Gasteiger partial charge in [0.2, 0.25) is 28.6 Å². The van der Waals surface area contributed by atoms with Crippen LogP contribution in [-0.2, 0) is 35.9 Å². The molecule has 3 N–H and O–H groups in total. The zero-order chi connectivity index (χ0) is 35.3. The quantitative estimate of drug-likeness (QED) is 0.233. The Kier molecular flexibility index (Phi) is 12.2. The second-order valence-corrected chi connectivity index (χ2v) is 18.0. The van der Waals surface area contributed by atoms with E-state index in [9.17, 15) is 31.5 Å². The topological polar surface area (TPSA) is 172 Å². The molecule has 3 atom stereocenters. The Bertz CT molecular complexity index is 1640. The molecular formula is C33H48N4O9S2. The van der Waals surface area contributed by atoms with Crippen LogP contribution in [0.4, 0.5) is 0 Å². The fourth-order valence-electron chi connectivity index (χ4n) is 5.74. The average molecular weight is 709 g/mol. The highest BCUT2D eigenvalue weighted by Gasteiger charge is 2.45. The molecule has 48 heavy (non-hydrogen) atoms. The number of benzene rings is 2. The molecule has 4 rings (SSSR count). The predicted molar refractivity (Wildman–Crippen MR) is 181 cm³/mol. The molecule has 2 aromatic rings. The van der Waals surface area contributed by atoms with Gasteiger partial charge in [0.25, 0.3) is 0 Å². The number of sulfone groups is 1. The number of hydrogen-bond acceptors (Lipinski definition) is 10. The lowest BCUT2D eigenvalue weighted by atomic mass is 9.98. The number of carbonyl (C=O) groups excluding carboxylic acids is 2. The molecule has 2 aliphatic heterocycles. The van der Waals surface area contributed by atoms with Crippen molar-refractivity contribution >= 4 is 31.7 Å². The number of rotatable bonds is 16. The second-order valence-electron chi connectivity index (χ2n) is 13.5. The van der Waals surface area contributed by atoms with Gasteiger partial charge in [0, 0.05) is 25.4 Å². The molecule has 0 spiro atoms. The molecule has 15 heteroatoms. The Hall–Kier alpha value is -3.24. The van der Waals surface area contributed by atoms with E-state index >= 15 is 0 Å². The van der Waals surface area contributed by atoms with Crippen molar-refractivity contribution in [3.05, 3.63) is 54.1 Å². The van der Waals surface area contributed by atoms with E-state index < -0.39 is 54.6 Å². The Morgan fingerprint density at radius 1 is 0.958 bits per heavy atom. The molecule has 0 aliphatic carbocycles. The summed E-state index contributed by atoms with van der Waals surface area (Å²) in [6, 6.07) is 10.8. The van der Waals surface area contributed by atoms with Gasteiger partial charge in [0.05, 0.1) is 28.3 Å². The fourth-order valence-corrected chi connectivity index (χ4v) is 7.97. The van der Waals surface area contributed by atoms with Crippen LogP contribution in [0.25, 0.3) is 0 Å². The molecule has 2 heterocycles. The molecular weight excluding hydrogens is 661 g/mol. The minimum Gasteiger partial charge on any atom is -0.454 e. The highest BCUT2D eigenvalue weighted by atomic mass is 32.2. The minimum atomic E-state index is -4.15. The lowest BCUT2D eigenvalue weighted by molar-refractivity contribution is -0.131. The zero-order valence-electron chi connectivity index (χ0n) is 28.2. The summed E-state index contributed by atoms with van der Waals surface area (Å²) in [7, 11) is -8.03. The van der Waals surface area contributed by atoms with Crippen LogP contribution in [0, 0.1) is 5.92 Å². The van der Waals surface area contributed by atoms with Crippen molar-refractivity contribution in [3.63, 3.8) is 0 Å². The zero-order valence-corrected chi connectivity index (χ0v) is 29.8. The van der Waals surface area contributed by atoms with E-state index in [1.54, 1.807) is 24.3 Å². The summed E-state index contributed by atoms with van der Waals surface area (Å²) in [5.74, 6) is -0.703. The third kappa shape index (κ3) is 9.26. The highest BCUT2D eigenvalue weighted by Crippen LogP contribution is 2.35. The van der Waals surface area contributed by atoms with Crippen molar-refractivity contribution in [2.24, 2.45) is 5.92 Å². The van der Waals surface area contributed by atoms with Crippen LogP contribution in [0.1, 0.15) is 46.1 Å². The van der Waals surface area contributed by atoms with Crippen molar-refractivity contribution in [2.75, 3.05) is 45.8 Å². The molecule has 266 valence electrons. The molecule has 0 radical (unpaired) electrons. The van der Waals surface area contributed by atoms with Crippen LogP contribution in [0.2, 0.25) is 0 Å². The third-order valence-corrected chi connectivity index (χ3v) is 12.8. The predicted octanol–water partition coefficient (Wildman–Crippen LogP) is 1.55. The maximum Gasteiger partial charge on any atom is 0.244 e. The number of aliphatic hydroxyl groups excluding tert-OH is 1. The van der Waals surface area contributed by atoms with Crippen molar-refractivity contribution in [2.45, 2.75) is 74.8 Å². The Labute approximate surface area is 283 Å². The first-order valence-corrected chi connectivity index (χ1v) is 19.5. The molecule has 1 fully saturated rings. The number of likely N-dealkylation sites (tertiary alicyclic amines) is 1. The van der Waals surface area contributed by atoms with Crippen molar-refractivity contribution < 1.29 is 41.0 Å². The summed E-state index contributed by atoms with van der Waals surface area (Å²) in [5, 5.41) is 17.1. The van der Waals surface area contributed by atoms with Crippen LogP contribution in [0.15, 0.2) is 53.4 Å². The van der Waals surface area contributed by atoms with Gasteiger partial charge in [0.15, 0.2) is 21.3 Å². The first-order valence-electron chi connectivity index (χ1n) is 16.1. The van der Waals surface area contributed by atoms with Gasteiger partial charge in [0.1, 0.15) is 6.04 Å². The molecule has 0 aromatic heterocycles. The van der Waals surface area contributed by atoms with E-state index in [4.69, 9.17) is 9.47 Å².